The summed E-state index contributed by atoms with van der Waals surface area (Å²) in [6.45, 7) is 4.89. The average molecular weight is 272 g/mol. The summed E-state index contributed by atoms with van der Waals surface area (Å²) in [5.41, 5.74) is 9.57. The van der Waals surface area contributed by atoms with Gasteiger partial charge >= 0.3 is 0 Å². The maximum absolute atomic E-state index is 5.66. The first-order valence-electron chi connectivity index (χ1n) is 7.19. The van der Waals surface area contributed by atoms with Gasteiger partial charge in [0.2, 0.25) is 0 Å². The van der Waals surface area contributed by atoms with E-state index < -0.39 is 0 Å². The molecule has 0 aliphatic heterocycles. The topological polar surface area (TPSA) is 47.1 Å². The van der Waals surface area contributed by atoms with E-state index in [0.29, 0.717) is 0 Å². The van der Waals surface area contributed by atoms with Crippen molar-refractivity contribution < 1.29 is 0 Å². The Morgan fingerprint density at radius 3 is 2.70 bits per heavy atom. The molecule has 0 aliphatic rings. The molecule has 0 amide bonds. The van der Waals surface area contributed by atoms with E-state index in [4.69, 9.17) is 5.73 Å². The first-order valence-corrected chi connectivity index (χ1v) is 7.19. The van der Waals surface area contributed by atoms with Crippen molar-refractivity contribution >= 4 is 5.69 Å². The minimum atomic E-state index is 0.731. The third-order valence-electron chi connectivity index (χ3n) is 3.52. The van der Waals surface area contributed by atoms with E-state index in [0.717, 1.165) is 32.5 Å². The van der Waals surface area contributed by atoms with E-state index in [1.165, 1.54) is 16.8 Å². The number of nitrogens with two attached hydrogens (primary N) is 1. The predicted octanol–water partition coefficient (Wildman–Crippen LogP) is 2.13. The summed E-state index contributed by atoms with van der Waals surface area (Å²) in [5.74, 6) is 0. The molecule has 108 valence electrons. The van der Waals surface area contributed by atoms with Crippen LogP contribution in [0.3, 0.4) is 0 Å². The number of hydrogen-bond acceptors (Lipinski definition) is 3. The molecular weight excluding hydrogens is 248 g/mol. The van der Waals surface area contributed by atoms with Gasteiger partial charge in [-0.1, -0.05) is 18.2 Å². The SMILES string of the molecule is Cc1ccccc1N(CCCN)CCc1cnn(C)c1. The van der Waals surface area contributed by atoms with Crippen LogP contribution in [0.4, 0.5) is 5.69 Å². The summed E-state index contributed by atoms with van der Waals surface area (Å²) in [6.07, 6.45) is 6.05. The van der Waals surface area contributed by atoms with Gasteiger partial charge in [0.05, 0.1) is 6.20 Å². The van der Waals surface area contributed by atoms with Crippen LogP contribution in [-0.4, -0.2) is 29.4 Å². The van der Waals surface area contributed by atoms with E-state index in [1.54, 1.807) is 0 Å². The number of hydrogen-bond donors (Lipinski definition) is 1. The molecule has 0 spiro atoms. The lowest BCUT2D eigenvalue weighted by Crippen LogP contribution is -2.29. The molecule has 0 radical (unpaired) electrons. The molecule has 1 aromatic heterocycles. The van der Waals surface area contributed by atoms with Crippen LogP contribution in [0.25, 0.3) is 0 Å². The van der Waals surface area contributed by atoms with Crippen LogP contribution in [-0.2, 0) is 13.5 Å². The average Bonchev–Trinajstić information content (AvgIpc) is 2.86. The summed E-state index contributed by atoms with van der Waals surface area (Å²) in [6, 6.07) is 8.53. The molecule has 2 N–H and O–H groups in total. The Kier molecular flexibility index (Phi) is 5.18. The van der Waals surface area contributed by atoms with Crippen LogP contribution in [0.1, 0.15) is 17.5 Å². The van der Waals surface area contributed by atoms with E-state index in [9.17, 15) is 0 Å². The van der Waals surface area contributed by atoms with Gasteiger partial charge in [0.1, 0.15) is 0 Å². The Morgan fingerprint density at radius 1 is 1.25 bits per heavy atom. The number of para-hydroxylation sites is 1. The molecule has 1 aromatic carbocycles. The largest absolute Gasteiger partial charge is 0.371 e. The Bertz CT molecular complexity index is 533. The Labute approximate surface area is 121 Å². The highest BCUT2D eigenvalue weighted by molar-refractivity contribution is 5.53. The number of aromatic nitrogens is 2. The first kappa shape index (κ1) is 14.6. The molecule has 0 atom stereocenters. The molecule has 0 saturated carbocycles. The third kappa shape index (κ3) is 3.84. The number of aryl methyl sites for hydroxylation is 2. The monoisotopic (exact) mass is 272 g/mol. The summed E-state index contributed by atoms with van der Waals surface area (Å²) in [5, 5.41) is 4.23. The molecule has 0 unspecified atom stereocenters. The van der Waals surface area contributed by atoms with Gasteiger partial charge in [-0.25, -0.2) is 0 Å². The fraction of sp³-hybridized carbons (Fsp3) is 0.438. The van der Waals surface area contributed by atoms with Crippen molar-refractivity contribution in [2.75, 3.05) is 24.5 Å². The summed E-state index contributed by atoms with van der Waals surface area (Å²) < 4.78 is 1.85. The minimum Gasteiger partial charge on any atom is -0.371 e. The van der Waals surface area contributed by atoms with E-state index in [1.807, 2.05) is 17.9 Å². The van der Waals surface area contributed by atoms with Gasteiger partial charge in [-0.3, -0.25) is 4.68 Å². The normalized spacial score (nSPS) is 10.8. The Balaban J connectivity index is 2.05. The minimum absolute atomic E-state index is 0.731. The molecule has 0 fully saturated rings. The summed E-state index contributed by atoms with van der Waals surface area (Å²) in [7, 11) is 1.96. The molecule has 0 bridgehead atoms. The first-order chi connectivity index (χ1) is 9.70. The van der Waals surface area contributed by atoms with E-state index >= 15 is 0 Å². The van der Waals surface area contributed by atoms with Gasteiger partial charge in [-0.2, -0.15) is 5.10 Å². The standard InChI is InChI=1S/C16H24N4/c1-14-6-3-4-7-16(14)20(10-5-9-17)11-8-15-12-18-19(2)13-15/h3-4,6-7,12-13H,5,8-11,17H2,1-2H3. The van der Waals surface area contributed by atoms with Crippen LogP contribution >= 0.6 is 0 Å². The number of nitrogens with zero attached hydrogens (tertiary/aromatic N) is 3. The highest BCUT2D eigenvalue weighted by Gasteiger charge is 2.09. The second-order valence-electron chi connectivity index (χ2n) is 5.19. The highest BCUT2D eigenvalue weighted by atomic mass is 15.2. The Morgan fingerprint density at radius 2 is 2.05 bits per heavy atom. The zero-order chi connectivity index (χ0) is 14.4. The van der Waals surface area contributed by atoms with Gasteiger partial charge < -0.3 is 10.6 Å². The van der Waals surface area contributed by atoms with Gasteiger partial charge in [0.25, 0.3) is 0 Å². The molecule has 0 saturated heterocycles. The van der Waals surface area contributed by atoms with Gasteiger partial charge in [0.15, 0.2) is 0 Å². The summed E-state index contributed by atoms with van der Waals surface area (Å²) >= 11 is 0. The van der Waals surface area contributed by atoms with E-state index in [-0.39, 0.29) is 0 Å². The second kappa shape index (κ2) is 7.10. The number of rotatable bonds is 7. The second-order valence-corrected chi connectivity index (χ2v) is 5.19. The maximum Gasteiger partial charge on any atom is 0.0522 e. The molecule has 20 heavy (non-hydrogen) atoms. The van der Waals surface area contributed by atoms with Gasteiger partial charge in [-0.15, -0.1) is 0 Å². The molecule has 4 heteroatoms. The Hall–Kier alpha value is -1.81. The summed E-state index contributed by atoms with van der Waals surface area (Å²) in [4.78, 5) is 2.43. The van der Waals surface area contributed by atoms with Gasteiger partial charge in [-0.05, 0) is 43.5 Å². The molecule has 2 aromatic rings. The van der Waals surface area contributed by atoms with Crippen molar-refractivity contribution in [3.63, 3.8) is 0 Å². The van der Waals surface area contributed by atoms with Crippen LogP contribution in [0, 0.1) is 6.92 Å². The van der Waals surface area contributed by atoms with Crippen molar-refractivity contribution in [2.45, 2.75) is 19.8 Å². The van der Waals surface area contributed by atoms with Crippen molar-refractivity contribution in [1.29, 1.82) is 0 Å². The van der Waals surface area contributed by atoms with Crippen LogP contribution in [0.15, 0.2) is 36.7 Å². The molecule has 0 aliphatic carbocycles. The van der Waals surface area contributed by atoms with Crippen LogP contribution in [0.2, 0.25) is 0 Å². The molecule has 2 rings (SSSR count). The zero-order valence-electron chi connectivity index (χ0n) is 12.4. The smallest absolute Gasteiger partial charge is 0.0522 e. The maximum atomic E-state index is 5.66. The quantitative estimate of drug-likeness (QED) is 0.840. The third-order valence-corrected chi connectivity index (χ3v) is 3.52. The lowest BCUT2D eigenvalue weighted by molar-refractivity contribution is 0.726. The van der Waals surface area contributed by atoms with Crippen molar-refractivity contribution in [3.8, 4) is 0 Å². The van der Waals surface area contributed by atoms with Gasteiger partial charge in [0, 0.05) is 32.0 Å². The fourth-order valence-electron chi connectivity index (χ4n) is 2.42. The lowest BCUT2D eigenvalue weighted by Gasteiger charge is -2.26. The van der Waals surface area contributed by atoms with Crippen LogP contribution < -0.4 is 10.6 Å². The molecule has 4 nitrogen and oxygen atoms in total. The lowest BCUT2D eigenvalue weighted by atomic mass is 10.1. The van der Waals surface area contributed by atoms with E-state index in [2.05, 4.69) is 47.4 Å². The predicted molar refractivity (Wildman–Crippen MR) is 84.0 cm³/mol. The van der Waals surface area contributed by atoms with Crippen molar-refractivity contribution in [1.82, 2.24) is 9.78 Å². The zero-order valence-corrected chi connectivity index (χ0v) is 12.4. The number of benzene rings is 1. The molecular formula is C16H24N4. The molecule has 1 heterocycles. The number of anilines is 1. The fourth-order valence-corrected chi connectivity index (χ4v) is 2.42. The highest BCUT2D eigenvalue weighted by Crippen LogP contribution is 2.20. The van der Waals surface area contributed by atoms with Crippen molar-refractivity contribution in [3.05, 3.63) is 47.8 Å². The van der Waals surface area contributed by atoms with Crippen LogP contribution in [0.5, 0.6) is 0 Å². The van der Waals surface area contributed by atoms with Crippen molar-refractivity contribution in [2.24, 2.45) is 12.8 Å².